The predicted octanol–water partition coefficient (Wildman–Crippen LogP) is 3.46. The SMILES string of the molecule is Cc1cc(F)ccc1CC(O)c1ccnc(Cl)c1. The molecule has 0 bridgehead atoms. The molecule has 0 aliphatic carbocycles. The van der Waals surface area contributed by atoms with Crippen LogP contribution in [-0.4, -0.2) is 10.1 Å². The summed E-state index contributed by atoms with van der Waals surface area (Å²) >= 11 is 5.77. The monoisotopic (exact) mass is 265 g/mol. The number of rotatable bonds is 3. The van der Waals surface area contributed by atoms with Gasteiger partial charge in [-0.3, -0.25) is 0 Å². The molecule has 1 N–H and O–H groups in total. The third kappa shape index (κ3) is 3.06. The summed E-state index contributed by atoms with van der Waals surface area (Å²) in [5.74, 6) is -0.266. The van der Waals surface area contributed by atoms with Crippen molar-refractivity contribution in [2.75, 3.05) is 0 Å². The van der Waals surface area contributed by atoms with E-state index in [0.717, 1.165) is 11.1 Å². The van der Waals surface area contributed by atoms with E-state index in [4.69, 9.17) is 11.6 Å². The van der Waals surface area contributed by atoms with Crippen LogP contribution in [0, 0.1) is 12.7 Å². The van der Waals surface area contributed by atoms with Crippen molar-refractivity contribution in [3.05, 3.63) is 64.2 Å². The Morgan fingerprint density at radius 1 is 1.33 bits per heavy atom. The molecule has 94 valence electrons. The Hall–Kier alpha value is -1.45. The molecule has 0 spiro atoms. The molecule has 1 aromatic carbocycles. The predicted molar refractivity (Wildman–Crippen MR) is 69.0 cm³/mol. The number of aromatic nitrogens is 1. The number of nitrogens with zero attached hydrogens (tertiary/aromatic N) is 1. The number of aliphatic hydroxyl groups excluding tert-OH is 1. The van der Waals surface area contributed by atoms with Gasteiger partial charge in [-0.15, -0.1) is 0 Å². The van der Waals surface area contributed by atoms with Gasteiger partial charge in [0.05, 0.1) is 6.10 Å². The maximum atomic E-state index is 13.0. The molecular formula is C14H13ClFNO. The average Bonchev–Trinajstić information content (AvgIpc) is 2.32. The lowest BCUT2D eigenvalue weighted by Gasteiger charge is -2.13. The van der Waals surface area contributed by atoms with Gasteiger partial charge in [-0.25, -0.2) is 9.37 Å². The molecule has 2 nitrogen and oxygen atoms in total. The molecule has 0 saturated heterocycles. The highest BCUT2D eigenvalue weighted by Crippen LogP contribution is 2.22. The minimum atomic E-state index is -0.672. The van der Waals surface area contributed by atoms with Crippen molar-refractivity contribution < 1.29 is 9.50 Å². The van der Waals surface area contributed by atoms with Crippen LogP contribution >= 0.6 is 11.6 Å². The summed E-state index contributed by atoms with van der Waals surface area (Å²) in [7, 11) is 0. The lowest BCUT2D eigenvalue weighted by Crippen LogP contribution is -2.03. The van der Waals surface area contributed by atoms with Gasteiger partial charge in [0.25, 0.3) is 0 Å². The van der Waals surface area contributed by atoms with E-state index in [1.165, 1.54) is 12.1 Å². The van der Waals surface area contributed by atoms with Gasteiger partial charge in [0, 0.05) is 12.6 Å². The van der Waals surface area contributed by atoms with Gasteiger partial charge in [-0.2, -0.15) is 0 Å². The highest BCUT2D eigenvalue weighted by molar-refractivity contribution is 6.29. The zero-order chi connectivity index (χ0) is 13.1. The van der Waals surface area contributed by atoms with Gasteiger partial charge in [0.15, 0.2) is 0 Å². The molecule has 0 aliphatic rings. The highest BCUT2D eigenvalue weighted by Gasteiger charge is 2.11. The van der Waals surface area contributed by atoms with Crippen LogP contribution in [0.3, 0.4) is 0 Å². The Balaban J connectivity index is 2.18. The first-order valence-corrected chi connectivity index (χ1v) is 5.98. The average molecular weight is 266 g/mol. The number of aliphatic hydroxyl groups is 1. The van der Waals surface area contributed by atoms with Crippen LogP contribution in [-0.2, 0) is 6.42 Å². The Bertz CT molecular complexity index is 559. The molecule has 0 fully saturated rings. The first-order valence-electron chi connectivity index (χ1n) is 5.61. The van der Waals surface area contributed by atoms with Crippen LogP contribution in [0.15, 0.2) is 36.5 Å². The molecular weight excluding hydrogens is 253 g/mol. The van der Waals surface area contributed by atoms with Crippen molar-refractivity contribution in [2.45, 2.75) is 19.4 Å². The maximum Gasteiger partial charge on any atom is 0.129 e. The summed E-state index contributed by atoms with van der Waals surface area (Å²) in [5.41, 5.74) is 2.45. The molecule has 1 atom stereocenters. The normalized spacial score (nSPS) is 12.4. The Labute approximate surface area is 110 Å². The molecule has 1 unspecified atom stereocenters. The number of pyridine rings is 1. The molecule has 18 heavy (non-hydrogen) atoms. The van der Waals surface area contributed by atoms with Crippen molar-refractivity contribution in [1.82, 2.24) is 4.98 Å². The van der Waals surface area contributed by atoms with Crippen molar-refractivity contribution >= 4 is 11.6 Å². The van der Waals surface area contributed by atoms with E-state index in [-0.39, 0.29) is 5.82 Å². The number of halogens is 2. The molecule has 0 radical (unpaired) electrons. The van der Waals surface area contributed by atoms with Gasteiger partial charge in [-0.05, 0) is 47.9 Å². The van der Waals surface area contributed by atoms with Crippen molar-refractivity contribution in [1.29, 1.82) is 0 Å². The molecule has 0 saturated carbocycles. The fraction of sp³-hybridized carbons (Fsp3) is 0.214. The van der Waals surface area contributed by atoms with Crippen LogP contribution in [0.25, 0.3) is 0 Å². The fourth-order valence-corrected chi connectivity index (χ4v) is 2.02. The molecule has 0 aliphatic heterocycles. The second-order valence-corrected chi connectivity index (χ2v) is 4.59. The van der Waals surface area contributed by atoms with Crippen LogP contribution < -0.4 is 0 Å². The molecule has 2 rings (SSSR count). The van der Waals surface area contributed by atoms with Gasteiger partial charge in [0.2, 0.25) is 0 Å². The quantitative estimate of drug-likeness (QED) is 0.862. The van der Waals surface area contributed by atoms with Crippen molar-refractivity contribution in [3.63, 3.8) is 0 Å². The summed E-state index contributed by atoms with van der Waals surface area (Å²) in [6.07, 6.45) is 1.31. The number of aryl methyl sites for hydroxylation is 1. The lowest BCUT2D eigenvalue weighted by molar-refractivity contribution is 0.178. The standard InChI is InChI=1S/C14H13ClFNO/c1-9-6-12(16)3-2-10(9)7-13(18)11-4-5-17-14(15)8-11/h2-6,8,13,18H,7H2,1H3. The molecule has 2 aromatic rings. The van der Waals surface area contributed by atoms with Gasteiger partial charge in [0.1, 0.15) is 11.0 Å². The van der Waals surface area contributed by atoms with Crippen molar-refractivity contribution in [3.8, 4) is 0 Å². The lowest BCUT2D eigenvalue weighted by atomic mass is 9.99. The van der Waals surface area contributed by atoms with E-state index in [0.29, 0.717) is 17.1 Å². The van der Waals surface area contributed by atoms with Crippen LogP contribution in [0.5, 0.6) is 0 Å². The van der Waals surface area contributed by atoms with Crippen LogP contribution in [0.4, 0.5) is 4.39 Å². The zero-order valence-corrected chi connectivity index (χ0v) is 10.7. The minimum Gasteiger partial charge on any atom is -0.388 e. The third-order valence-electron chi connectivity index (χ3n) is 2.85. The number of benzene rings is 1. The summed E-state index contributed by atoms with van der Waals surface area (Å²) in [6.45, 7) is 1.82. The summed E-state index contributed by atoms with van der Waals surface area (Å²) in [6, 6.07) is 7.90. The zero-order valence-electron chi connectivity index (χ0n) is 9.90. The minimum absolute atomic E-state index is 0.266. The van der Waals surface area contributed by atoms with Crippen LogP contribution in [0.1, 0.15) is 22.8 Å². The Kier molecular flexibility index (Phi) is 3.94. The largest absolute Gasteiger partial charge is 0.388 e. The molecule has 1 heterocycles. The molecule has 1 aromatic heterocycles. The number of hydrogen-bond acceptors (Lipinski definition) is 2. The summed E-state index contributed by atoms with van der Waals surface area (Å²) in [5, 5.41) is 10.5. The molecule has 4 heteroatoms. The summed E-state index contributed by atoms with van der Waals surface area (Å²) in [4.78, 5) is 3.86. The van der Waals surface area contributed by atoms with Crippen molar-refractivity contribution in [2.24, 2.45) is 0 Å². The topological polar surface area (TPSA) is 33.1 Å². The maximum absolute atomic E-state index is 13.0. The van der Waals surface area contributed by atoms with E-state index in [1.807, 2.05) is 6.92 Å². The van der Waals surface area contributed by atoms with Gasteiger partial charge in [-0.1, -0.05) is 17.7 Å². The second kappa shape index (κ2) is 5.46. The van der Waals surface area contributed by atoms with Gasteiger partial charge < -0.3 is 5.11 Å². The first-order chi connectivity index (χ1) is 8.56. The van der Waals surface area contributed by atoms with E-state index in [2.05, 4.69) is 4.98 Å². The van der Waals surface area contributed by atoms with E-state index >= 15 is 0 Å². The number of hydrogen-bond donors (Lipinski definition) is 1. The first kappa shape index (κ1) is 13.0. The smallest absolute Gasteiger partial charge is 0.129 e. The Morgan fingerprint density at radius 3 is 2.78 bits per heavy atom. The van der Waals surface area contributed by atoms with E-state index in [1.54, 1.807) is 24.4 Å². The van der Waals surface area contributed by atoms with Gasteiger partial charge >= 0.3 is 0 Å². The highest BCUT2D eigenvalue weighted by atomic mass is 35.5. The Morgan fingerprint density at radius 2 is 2.11 bits per heavy atom. The van der Waals surface area contributed by atoms with Crippen LogP contribution in [0.2, 0.25) is 5.15 Å². The summed E-state index contributed by atoms with van der Waals surface area (Å²) < 4.78 is 13.0. The molecule has 0 amide bonds. The second-order valence-electron chi connectivity index (χ2n) is 4.20. The fourth-order valence-electron chi connectivity index (χ4n) is 1.84. The van der Waals surface area contributed by atoms with E-state index < -0.39 is 6.10 Å². The third-order valence-corrected chi connectivity index (χ3v) is 3.06. The van der Waals surface area contributed by atoms with E-state index in [9.17, 15) is 9.50 Å².